The lowest BCUT2D eigenvalue weighted by Gasteiger charge is -2.13. The van der Waals surface area contributed by atoms with Crippen LogP contribution in [0.4, 0.5) is 10.2 Å². The summed E-state index contributed by atoms with van der Waals surface area (Å²) in [5.74, 6) is 3.10. The van der Waals surface area contributed by atoms with Crippen LogP contribution >= 0.6 is 0 Å². The van der Waals surface area contributed by atoms with Crippen molar-refractivity contribution in [2.75, 3.05) is 19.3 Å². The molecule has 0 spiro atoms. The molecule has 2 amide bonds. The second-order valence-corrected chi connectivity index (χ2v) is 6.13. The number of halogens is 1. The molecule has 1 atom stereocenters. The van der Waals surface area contributed by atoms with E-state index in [1.165, 1.54) is 23.2 Å². The molecule has 0 bridgehead atoms. The first kappa shape index (κ1) is 18.3. The van der Waals surface area contributed by atoms with E-state index in [9.17, 15) is 19.1 Å². The first-order valence-electron chi connectivity index (χ1n) is 7.94. The molecule has 1 fully saturated rings. The lowest BCUT2D eigenvalue weighted by Crippen LogP contribution is -2.37. The average molecular weight is 369 g/mol. The van der Waals surface area contributed by atoms with E-state index in [0.29, 0.717) is 12.1 Å². The molecule has 3 rings (SSSR count). The van der Waals surface area contributed by atoms with Crippen LogP contribution in [-0.2, 0) is 4.79 Å². The predicted molar refractivity (Wildman–Crippen MR) is 94.4 cm³/mol. The summed E-state index contributed by atoms with van der Waals surface area (Å²) in [6.07, 6.45) is 1.40. The van der Waals surface area contributed by atoms with Crippen molar-refractivity contribution >= 4 is 17.6 Å². The van der Waals surface area contributed by atoms with E-state index in [4.69, 9.17) is 11.5 Å². The van der Waals surface area contributed by atoms with Gasteiger partial charge >= 0.3 is 0 Å². The second kappa shape index (κ2) is 6.66. The third kappa shape index (κ3) is 3.43. The van der Waals surface area contributed by atoms with Crippen LogP contribution in [0.1, 0.15) is 22.5 Å². The summed E-state index contributed by atoms with van der Waals surface area (Å²) in [6.45, 7) is 0.398. The van der Waals surface area contributed by atoms with Gasteiger partial charge in [-0.15, -0.1) is 0 Å². The van der Waals surface area contributed by atoms with Crippen molar-refractivity contribution in [3.8, 4) is 23.1 Å². The molecular formula is C18H16FN5O3. The summed E-state index contributed by atoms with van der Waals surface area (Å²) in [6, 6.07) is 3.94. The number of nitrogens with two attached hydrogens (primary N) is 2. The van der Waals surface area contributed by atoms with Crippen LogP contribution < -0.4 is 11.5 Å². The van der Waals surface area contributed by atoms with Crippen LogP contribution in [0, 0.1) is 17.7 Å². The maximum Gasteiger partial charge on any atom is 0.271 e. The number of benzene rings is 1. The zero-order valence-electron chi connectivity index (χ0n) is 14.4. The van der Waals surface area contributed by atoms with Gasteiger partial charge in [0.1, 0.15) is 5.82 Å². The minimum atomic E-state index is -1.76. The van der Waals surface area contributed by atoms with Gasteiger partial charge in [-0.3, -0.25) is 9.59 Å². The first-order chi connectivity index (χ1) is 12.7. The predicted octanol–water partition coefficient (Wildman–Crippen LogP) is -0.0915. The first-order valence-corrected chi connectivity index (χ1v) is 7.94. The number of primary amides is 1. The molecule has 0 unspecified atom stereocenters. The van der Waals surface area contributed by atoms with Crippen LogP contribution in [0.5, 0.6) is 0 Å². The Bertz CT molecular complexity index is 1010. The van der Waals surface area contributed by atoms with E-state index in [-0.39, 0.29) is 29.2 Å². The highest BCUT2D eigenvalue weighted by atomic mass is 19.1. The summed E-state index contributed by atoms with van der Waals surface area (Å²) in [5, 5.41) is 10.3. The minimum absolute atomic E-state index is 0.0265. The van der Waals surface area contributed by atoms with Crippen molar-refractivity contribution < 1.29 is 19.1 Å². The van der Waals surface area contributed by atoms with Crippen LogP contribution in [-0.4, -0.2) is 51.0 Å². The molecule has 1 aliphatic rings. The fourth-order valence-corrected chi connectivity index (χ4v) is 2.65. The minimum Gasteiger partial charge on any atom is -0.382 e. The number of carbonyl (C=O) groups is 2. The lowest BCUT2D eigenvalue weighted by atomic mass is 10.0. The summed E-state index contributed by atoms with van der Waals surface area (Å²) in [5.41, 5.74) is 9.12. The molecular weight excluding hydrogens is 353 g/mol. The molecule has 1 aromatic carbocycles. The highest BCUT2D eigenvalue weighted by molar-refractivity contribution is 5.95. The van der Waals surface area contributed by atoms with E-state index in [1.54, 1.807) is 7.05 Å². The highest BCUT2D eigenvalue weighted by Crippen LogP contribution is 2.24. The Morgan fingerprint density at radius 2 is 2.19 bits per heavy atom. The van der Waals surface area contributed by atoms with Crippen molar-refractivity contribution in [2.45, 2.75) is 12.0 Å². The third-order valence-electron chi connectivity index (χ3n) is 4.20. The van der Waals surface area contributed by atoms with Crippen molar-refractivity contribution in [3.05, 3.63) is 41.5 Å². The lowest BCUT2D eigenvalue weighted by molar-refractivity contribution is -0.137. The molecule has 1 aliphatic heterocycles. The number of nitrogens with zero attached hydrogens (tertiary/aromatic N) is 3. The SMILES string of the molecule is CN1CC[C@@](O)(C#Cc2ccc(F)c(-c3cnc(N)c(C(N)=O)n3)c2)C1=O. The molecule has 0 saturated carbocycles. The molecule has 0 radical (unpaired) electrons. The van der Waals surface area contributed by atoms with E-state index in [0.717, 1.165) is 6.07 Å². The Labute approximate surface area is 154 Å². The molecule has 2 heterocycles. The van der Waals surface area contributed by atoms with E-state index < -0.39 is 23.2 Å². The molecule has 5 N–H and O–H groups in total. The van der Waals surface area contributed by atoms with Crippen LogP contribution in [0.2, 0.25) is 0 Å². The number of aliphatic hydroxyl groups is 1. The molecule has 1 saturated heterocycles. The van der Waals surface area contributed by atoms with Gasteiger partial charge in [0, 0.05) is 31.1 Å². The van der Waals surface area contributed by atoms with Gasteiger partial charge < -0.3 is 21.5 Å². The quantitative estimate of drug-likeness (QED) is 0.633. The van der Waals surface area contributed by atoms with E-state index >= 15 is 0 Å². The summed E-state index contributed by atoms with van der Waals surface area (Å²) in [7, 11) is 1.58. The van der Waals surface area contributed by atoms with Gasteiger partial charge in [-0.2, -0.15) is 0 Å². The van der Waals surface area contributed by atoms with Gasteiger partial charge in [0.05, 0.1) is 11.9 Å². The Balaban J connectivity index is 2.00. The monoisotopic (exact) mass is 369 g/mol. The molecule has 8 nitrogen and oxygen atoms in total. The van der Waals surface area contributed by atoms with Gasteiger partial charge in [0.2, 0.25) is 5.60 Å². The van der Waals surface area contributed by atoms with Crippen LogP contribution in [0.3, 0.4) is 0 Å². The zero-order valence-corrected chi connectivity index (χ0v) is 14.4. The fourth-order valence-electron chi connectivity index (χ4n) is 2.65. The number of aromatic nitrogens is 2. The molecule has 0 aliphatic carbocycles. The maximum absolute atomic E-state index is 14.2. The number of hydrogen-bond donors (Lipinski definition) is 3. The van der Waals surface area contributed by atoms with Crippen molar-refractivity contribution in [3.63, 3.8) is 0 Å². The van der Waals surface area contributed by atoms with Crippen LogP contribution in [0.15, 0.2) is 24.4 Å². The highest BCUT2D eigenvalue weighted by Gasteiger charge is 2.42. The molecule has 9 heteroatoms. The molecule has 1 aromatic heterocycles. The molecule has 138 valence electrons. The van der Waals surface area contributed by atoms with Gasteiger partial charge in [-0.25, -0.2) is 14.4 Å². The van der Waals surface area contributed by atoms with Crippen molar-refractivity contribution in [2.24, 2.45) is 5.73 Å². The number of likely N-dealkylation sites (N-methyl/N-ethyl adjacent to an activating group) is 1. The standard InChI is InChI=1S/C18H16FN5O3/c1-24-7-6-18(27,17(24)26)5-4-10-2-3-12(19)11(8-10)13-9-22-15(20)14(23-13)16(21)25/h2-3,8-9,27H,6-7H2,1H3,(H2,20,22)(H2,21,25)/t18-/m0/s1. The number of amides is 2. The zero-order chi connectivity index (χ0) is 19.8. The fraction of sp³-hybridized carbons (Fsp3) is 0.222. The maximum atomic E-state index is 14.2. The number of hydrogen-bond acceptors (Lipinski definition) is 6. The second-order valence-electron chi connectivity index (χ2n) is 6.13. The number of carbonyl (C=O) groups excluding carboxylic acids is 2. The van der Waals surface area contributed by atoms with E-state index in [2.05, 4.69) is 21.8 Å². The summed E-state index contributed by atoms with van der Waals surface area (Å²) < 4.78 is 14.2. The van der Waals surface area contributed by atoms with Gasteiger partial charge in [-0.1, -0.05) is 11.8 Å². The number of likely N-dealkylation sites (tertiary alicyclic amines) is 1. The van der Waals surface area contributed by atoms with E-state index in [1.807, 2.05) is 0 Å². The van der Waals surface area contributed by atoms with Crippen molar-refractivity contribution in [1.82, 2.24) is 14.9 Å². The van der Waals surface area contributed by atoms with Gasteiger partial charge in [0.25, 0.3) is 11.8 Å². The van der Waals surface area contributed by atoms with Gasteiger partial charge in [-0.05, 0) is 18.2 Å². The average Bonchev–Trinajstić information content (AvgIpc) is 2.89. The Kier molecular flexibility index (Phi) is 4.51. The molecule has 2 aromatic rings. The third-order valence-corrected chi connectivity index (χ3v) is 4.20. The smallest absolute Gasteiger partial charge is 0.271 e. The Morgan fingerprint density at radius 3 is 2.81 bits per heavy atom. The van der Waals surface area contributed by atoms with Crippen molar-refractivity contribution in [1.29, 1.82) is 0 Å². The largest absolute Gasteiger partial charge is 0.382 e. The topological polar surface area (TPSA) is 135 Å². The number of rotatable bonds is 2. The summed E-state index contributed by atoms with van der Waals surface area (Å²) in [4.78, 5) is 32.5. The normalized spacial score (nSPS) is 18.9. The number of nitrogen functional groups attached to an aromatic ring is 1. The molecule has 27 heavy (non-hydrogen) atoms. The van der Waals surface area contributed by atoms with Gasteiger partial charge in [0.15, 0.2) is 11.5 Å². The summed E-state index contributed by atoms with van der Waals surface area (Å²) >= 11 is 0. The van der Waals surface area contributed by atoms with Crippen LogP contribution in [0.25, 0.3) is 11.3 Å². The number of anilines is 1. The Morgan fingerprint density at radius 1 is 1.44 bits per heavy atom. The Hall–Kier alpha value is -3.51.